The summed E-state index contributed by atoms with van der Waals surface area (Å²) in [6.45, 7) is 1.62. The number of pyridine rings is 1. The Morgan fingerprint density at radius 1 is 1.14 bits per heavy atom. The number of sulfone groups is 1. The fraction of sp³-hybridized carbons (Fsp3) is 0.304. The van der Waals surface area contributed by atoms with E-state index in [0.717, 1.165) is 4.68 Å². The lowest BCUT2D eigenvalue weighted by atomic mass is 9.91. The zero-order valence-electron chi connectivity index (χ0n) is 18.6. The summed E-state index contributed by atoms with van der Waals surface area (Å²) in [6.07, 6.45) is -4.02. The molecule has 1 aliphatic rings. The Morgan fingerprint density at radius 3 is 2.44 bits per heavy atom. The molecular formula is C23H18Cl2F3N3O4S. The van der Waals surface area contributed by atoms with E-state index in [-0.39, 0.29) is 50.8 Å². The number of carbonyl (C=O) groups excluding carboxylic acids is 2. The van der Waals surface area contributed by atoms with Crippen LogP contribution in [-0.2, 0) is 22.4 Å². The second kappa shape index (κ2) is 9.60. The van der Waals surface area contributed by atoms with Crippen LogP contribution >= 0.6 is 23.2 Å². The van der Waals surface area contributed by atoms with Gasteiger partial charge in [0.1, 0.15) is 5.69 Å². The molecule has 0 bridgehead atoms. The van der Waals surface area contributed by atoms with Crippen molar-refractivity contribution in [2.45, 2.75) is 25.9 Å². The molecule has 1 aromatic carbocycles. The van der Waals surface area contributed by atoms with Crippen LogP contribution in [0.25, 0.3) is 5.82 Å². The van der Waals surface area contributed by atoms with Crippen LogP contribution in [0.4, 0.5) is 13.2 Å². The first kappa shape index (κ1) is 26.3. The number of carbonyl (C=O) groups is 2. The van der Waals surface area contributed by atoms with Crippen LogP contribution in [0.1, 0.15) is 44.1 Å². The minimum atomic E-state index is -4.83. The average molecular weight is 560 g/mol. The number of aryl methyl sites for hydroxylation is 1. The second-order valence-corrected chi connectivity index (χ2v) is 11.5. The maximum atomic E-state index is 13.4. The van der Waals surface area contributed by atoms with Gasteiger partial charge in [0.2, 0.25) is 0 Å². The summed E-state index contributed by atoms with van der Waals surface area (Å²) in [7, 11) is -3.14. The van der Waals surface area contributed by atoms with Gasteiger partial charge in [0.05, 0.1) is 16.5 Å². The third kappa shape index (κ3) is 5.47. The van der Waals surface area contributed by atoms with Gasteiger partial charge in [0, 0.05) is 35.7 Å². The number of Topliss-reactive ketones (excluding diaryl/α,β-unsaturated/α-hetero) is 2. The number of ketones is 2. The molecule has 0 atom stereocenters. The quantitative estimate of drug-likeness (QED) is 0.380. The van der Waals surface area contributed by atoms with E-state index in [2.05, 4.69) is 10.1 Å². The Bertz CT molecular complexity index is 1470. The molecule has 1 aliphatic heterocycles. The van der Waals surface area contributed by atoms with Crippen molar-refractivity contribution < 1.29 is 31.2 Å². The van der Waals surface area contributed by atoms with E-state index in [1.54, 1.807) is 6.92 Å². The standard InChI is InChI=1S/C23H18Cl2F3N3O4S/c1-12-5-14(24)7-16(19(32)6-13-10-36(34,35)11-13)15(12)8-20(33)18-9-21(23(26,27)28)30-31(18)22-17(25)3-2-4-29-22/h2-5,7,9,13H,6,8,10-11H2,1H3. The maximum Gasteiger partial charge on any atom is 0.435 e. The zero-order valence-corrected chi connectivity index (χ0v) is 21.0. The molecule has 4 rings (SSSR count). The molecule has 3 heterocycles. The van der Waals surface area contributed by atoms with Crippen molar-refractivity contribution in [3.05, 3.63) is 74.7 Å². The Kier molecular flexibility index (Phi) is 7.02. The van der Waals surface area contributed by atoms with Crippen LogP contribution in [0, 0.1) is 12.8 Å². The number of hydrogen-bond donors (Lipinski definition) is 0. The minimum Gasteiger partial charge on any atom is -0.294 e. The molecule has 1 fully saturated rings. The zero-order chi connectivity index (χ0) is 26.4. The fourth-order valence-corrected chi connectivity index (χ4v) is 6.13. The van der Waals surface area contributed by atoms with Crippen molar-refractivity contribution in [3.63, 3.8) is 0 Å². The minimum absolute atomic E-state index is 0.0163. The summed E-state index contributed by atoms with van der Waals surface area (Å²) in [5.41, 5.74) is -0.831. The van der Waals surface area contributed by atoms with E-state index in [9.17, 15) is 31.2 Å². The smallest absolute Gasteiger partial charge is 0.294 e. The highest BCUT2D eigenvalue weighted by molar-refractivity contribution is 7.92. The lowest BCUT2D eigenvalue weighted by Gasteiger charge is -2.25. The first-order valence-corrected chi connectivity index (χ1v) is 13.2. The third-order valence-electron chi connectivity index (χ3n) is 5.75. The van der Waals surface area contributed by atoms with Crippen LogP contribution in [0.5, 0.6) is 0 Å². The lowest BCUT2D eigenvalue weighted by molar-refractivity contribution is -0.141. The Hall–Kier alpha value is -2.76. The number of nitrogens with zero attached hydrogens (tertiary/aromatic N) is 3. The molecule has 0 unspecified atom stereocenters. The molecule has 0 aliphatic carbocycles. The predicted octanol–water partition coefficient (Wildman–Crippen LogP) is 4.94. The Balaban J connectivity index is 1.71. The fourth-order valence-electron chi connectivity index (χ4n) is 4.08. The van der Waals surface area contributed by atoms with Crippen molar-refractivity contribution in [1.29, 1.82) is 0 Å². The maximum absolute atomic E-state index is 13.4. The highest BCUT2D eigenvalue weighted by Crippen LogP contribution is 2.32. The Morgan fingerprint density at radius 2 is 1.83 bits per heavy atom. The van der Waals surface area contributed by atoms with Crippen LogP contribution in [0.15, 0.2) is 36.5 Å². The molecule has 190 valence electrons. The normalized spacial score (nSPS) is 15.5. The van der Waals surface area contributed by atoms with Crippen molar-refractivity contribution in [3.8, 4) is 5.82 Å². The van der Waals surface area contributed by atoms with Crippen molar-refractivity contribution >= 4 is 44.6 Å². The van der Waals surface area contributed by atoms with Gasteiger partial charge in [-0.3, -0.25) is 9.59 Å². The topological polar surface area (TPSA) is 99.0 Å². The molecule has 0 saturated carbocycles. The molecule has 3 aromatic rings. The molecule has 0 radical (unpaired) electrons. The van der Waals surface area contributed by atoms with Gasteiger partial charge in [-0.2, -0.15) is 18.3 Å². The van der Waals surface area contributed by atoms with Crippen LogP contribution in [-0.4, -0.2) is 46.3 Å². The largest absolute Gasteiger partial charge is 0.435 e. The van der Waals surface area contributed by atoms with Crippen LogP contribution in [0.2, 0.25) is 10.0 Å². The number of hydrogen-bond acceptors (Lipinski definition) is 6. The number of rotatable bonds is 7. The molecule has 0 amide bonds. The van der Waals surface area contributed by atoms with Gasteiger partial charge in [-0.15, -0.1) is 0 Å². The molecule has 7 nitrogen and oxygen atoms in total. The number of aromatic nitrogens is 3. The van der Waals surface area contributed by atoms with Crippen molar-refractivity contribution in [2.75, 3.05) is 11.5 Å². The summed E-state index contributed by atoms with van der Waals surface area (Å²) in [5.74, 6) is -1.86. The number of benzene rings is 1. The summed E-state index contributed by atoms with van der Waals surface area (Å²) in [6, 6.07) is 6.39. The van der Waals surface area contributed by atoms with E-state index < -0.39 is 45.4 Å². The monoisotopic (exact) mass is 559 g/mol. The van der Waals surface area contributed by atoms with Crippen molar-refractivity contribution in [1.82, 2.24) is 14.8 Å². The number of alkyl halides is 3. The van der Waals surface area contributed by atoms with E-state index in [0.29, 0.717) is 11.6 Å². The first-order chi connectivity index (χ1) is 16.7. The predicted molar refractivity (Wildman–Crippen MR) is 127 cm³/mol. The van der Waals surface area contributed by atoms with E-state index in [4.69, 9.17) is 23.2 Å². The average Bonchev–Trinajstić information content (AvgIpc) is 3.20. The van der Waals surface area contributed by atoms with Gasteiger partial charge < -0.3 is 0 Å². The van der Waals surface area contributed by atoms with E-state index in [1.165, 1.54) is 30.5 Å². The number of halogens is 5. The molecule has 36 heavy (non-hydrogen) atoms. The van der Waals surface area contributed by atoms with E-state index in [1.807, 2.05) is 0 Å². The molecular weight excluding hydrogens is 542 g/mol. The highest BCUT2D eigenvalue weighted by Gasteiger charge is 2.37. The molecule has 0 spiro atoms. The SMILES string of the molecule is Cc1cc(Cl)cc(C(=O)CC2CS(=O)(=O)C2)c1CC(=O)c1cc(C(F)(F)F)nn1-c1ncccc1Cl. The van der Waals surface area contributed by atoms with Gasteiger partial charge in [-0.1, -0.05) is 23.2 Å². The van der Waals surface area contributed by atoms with Gasteiger partial charge in [0.15, 0.2) is 32.9 Å². The van der Waals surface area contributed by atoms with Crippen molar-refractivity contribution in [2.24, 2.45) is 5.92 Å². The highest BCUT2D eigenvalue weighted by atomic mass is 35.5. The molecule has 2 aromatic heterocycles. The second-order valence-electron chi connectivity index (χ2n) is 8.55. The molecule has 13 heteroatoms. The lowest BCUT2D eigenvalue weighted by Crippen LogP contribution is -2.37. The summed E-state index contributed by atoms with van der Waals surface area (Å²) < 4.78 is 64.0. The summed E-state index contributed by atoms with van der Waals surface area (Å²) in [5, 5.41) is 3.74. The van der Waals surface area contributed by atoms with Crippen LogP contribution in [0.3, 0.4) is 0 Å². The van der Waals surface area contributed by atoms with Gasteiger partial charge in [-0.25, -0.2) is 18.1 Å². The van der Waals surface area contributed by atoms with E-state index >= 15 is 0 Å². The van der Waals surface area contributed by atoms with Gasteiger partial charge in [-0.05, 0) is 48.2 Å². The van der Waals surface area contributed by atoms with Gasteiger partial charge in [0.25, 0.3) is 0 Å². The summed E-state index contributed by atoms with van der Waals surface area (Å²) in [4.78, 5) is 30.3. The Labute approximate surface area is 214 Å². The summed E-state index contributed by atoms with van der Waals surface area (Å²) >= 11 is 12.2. The van der Waals surface area contributed by atoms with Crippen LogP contribution < -0.4 is 0 Å². The molecule has 0 N–H and O–H groups in total. The molecule has 1 saturated heterocycles. The van der Waals surface area contributed by atoms with Gasteiger partial charge >= 0.3 is 6.18 Å². The third-order valence-corrected chi connectivity index (χ3v) is 8.23. The first-order valence-electron chi connectivity index (χ1n) is 10.6.